The predicted molar refractivity (Wildman–Crippen MR) is 49.7 cm³/mol. The fourth-order valence-electron chi connectivity index (χ4n) is 1.66. The van der Waals surface area contributed by atoms with Crippen molar-refractivity contribution in [2.24, 2.45) is 0 Å². The summed E-state index contributed by atoms with van der Waals surface area (Å²) < 4.78 is 0. The Morgan fingerprint density at radius 2 is 2.08 bits per heavy atom. The van der Waals surface area contributed by atoms with E-state index < -0.39 is 5.60 Å². The van der Waals surface area contributed by atoms with Crippen LogP contribution in [0.2, 0.25) is 0 Å². The second-order valence-electron chi connectivity index (χ2n) is 3.46. The normalized spacial score (nSPS) is 20.2. The van der Waals surface area contributed by atoms with Crippen LogP contribution in [0.1, 0.15) is 32.6 Å². The maximum atomic E-state index is 9.88. The maximum absolute atomic E-state index is 9.88. The van der Waals surface area contributed by atoms with Gasteiger partial charge in [-0.15, -0.1) is 5.92 Å². The molecule has 0 saturated heterocycles. The minimum absolute atomic E-state index is 0.435. The third-order valence-electron chi connectivity index (χ3n) is 2.38. The summed E-state index contributed by atoms with van der Waals surface area (Å²) in [4.78, 5) is 0. The molecule has 0 heterocycles. The molecule has 0 spiro atoms. The molecule has 2 N–H and O–H groups in total. The minimum Gasteiger partial charge on any atom is -0.389 e. The van der Waals surface area contributed by atoms with Crippen LogP contribution < -0.4 is 5.32 Å². The zero-order chi connectivity index (χ0) is 8.86. The first kappa shape index (κ1) is 9.57. The largest absolute Gasteiger partial charge is 0.389 e. The molecule has 2 heteroatoms. The molecule has 0 amide bonds. The van der Waals surface area contributed by atoms with Gasteiger partial charge >= 0.3 is 0 Å². The van der Waals surface area contributed by atoms with E-state index in [9.17, 15) is 5.11 Å². The van der Waals surface area contributed by atoms with E-state index in [1.54, 1.807) is 0 Å². The highest BCUT2D eigenvalue weighted by Crippen LogP contribution is 2.28. The van der Waals surface area contributed by atoms with E-state index in [4.69, 9.17) is 0 Å². The van der Waals surface area contributed by atoms with Gasteiger partial charge in [0.2, 0.25) is 0 Å². The molecule has 0 aromatic carbocycles. The van der Waals surface area contributed by atoms with Crippen LogP contribution in [0.25, 0.3) is 0 Å². The van der Waals surface area contributed by atoms with Crippen molar-refractivity contribution in [3.63, 3.8) is 0 Å². The summed E-state index contributed by atoms with van der Waals surface area (Å²) >= 11 is 0. The van der Waals surface area contributed by atoms with E-state index in [1.807, 2.05) is 6.92 Å². The molecular formula is C10H17NO. The summed E-state index contributed by atoms with van der Waals surface area (Å²) in [7, 11) is 0. The van der Waals surface area contributed by atoms with Gasteiger partial charge in [0.15, 0.2) is 0 Å². The summed E-state index contributed by atoms with van der Waals surface area (Å²) in [6, 6.07) is 0. The molecule has 1 rings (SSSR count). The average molecular weight is 167 g/mol. The van der Waals surface area contributed by atoms with Gasteiger partial charge in [-0.05, 0) is 19.8 Å². The van der Waals surface area contributed by atoms with Crippen molar-refractivity contribution in [1.29, 1.82) is 0 Å². The van der Waals surface area contributed by atoms with Crippen molar-refractivity contribution in [2.75, 3.05) is 13.1 Å². The summed E-state index contributed by atoms with van der Waals surface area (Å²) in [5, 5.41) is 13.0. The second-order valence-corrected chi connectivity index (χ2v) is 3.46. The van der Waals surface area contributed by atoms with E-state index in [0.717, 1.165) is 25.7 Å². The lowest BCUT2D eigenvalue weighted by atomic mass is 10.0. The monoisotopic (exact) mass is 167 g/mol. The van der Waals surface area contributed by atoms with Gasteiger partial charge in [0.25, 0.3) is 0 Å². The van der Waals surface area contributed by atoms with Crippen molar-refractivity contribution in [1.82, 2.24) is 5.32 Å². The molecule has 1 aliphatic rings. The number of aliphatic hydroxyl groups is 1. The first-order chi connectivity index (χ1) is 5.77. The van der Waals surface area contributed by atoms with Gasteiger partial charge in [-0.1, -0.05) is 18.8 Å². The molecule has 1 fully saturated rings. The Morgan fingerprint density at radius 3 is 2.67 bits per heavy atom. The molecule has 0 aliphatic heterocycles. The smallest absolute Gasteiger partial charge is 0.0771 e. The molecule has 0 bridgehead atoms. The highest BCUT2D eigenvalue weighted by molar-refractivity contribution is 4.98. The number of nitrogens with one attached hydrogen (secondary N) is 1. The van der Waals surface area contributed by atoms with Crippen molar-refractivity contribution in [3.05, 3.63) is 0 Å². The molecular weight excluding hydrogens is 150 g/mol. The Hall–Kier alpha value is -0.520. The lowest BCUT2D eigenvalue weighted by molar-refractivity contribution is 0.0489. The zero-order valence-corrected chi connectivity index (χ0v) is 7.69. The topological polar surface area (TPSA) is 32.3 Å². The zero-order valence-electron chi connectivity index (χ0n) is 7.69. The molecule has 68 valence electrons. The van der Waals surface area contributed by atoms with E-state index >= 15 is 0 Å². The fraction of sp³-hybridized carbons (Fsp3) is 0.800. The number of hydrogen-bond donors (Lipinski definition) is 2. The molecule has 0 atom stereocenters. The van der Waals surface area contributed by atoms with Crippen LogP contribution >= 0.6 is 0 Å². The van der Waals surface area contributed by atoms with Gasteiger partial charge in [0, 0.05) is 6.54 Å². The van der Waals surface area contributed by atoms with Crippen LogP contribution in [-0.2, 0) is 0 Å². The summed E-state index contributed by atoms with van der Waals surface area (Å²) in [5.74, 6) is 5.73. The van der Waals surface area contributed by atoms with E-state index in [2.05, 4.69) is 17.2 Å². The molecule has 2 nitrogen and oxygen atoms in total. The Balaban J connectivity index is 2.15. The lowest BCUT2D eigenvalue weighted by Crippen LogP contribution is -2.38. The maximum Gasteiger partial charge on any atom is 0.0771 e. The standard InChI is InChI=1S/C10H17NO/c1-2-3-8-11-9-10(12)6-4-5-7-10/h11-12H,4-9H2,1H3. The second kappa shape index (κ2) is 4.49. The van der Waals surface area contributed by atoms with E-state index in [0.29, 0.717) is 13.1 Å². The minimum atomic E-state index is -0.435. The predicted octanol–water partition coefficient (Wildman–Crippen LogP) is 0.904. The summed E-state index contributed by atoms with van der Waals surface area (Å²) in [6.45, 7) is 3.21. The molecule has 1 saturated carbocycles. The summed E-state index contributed by atoms with van der Waals surface area (Å²) in [5.41, 5.74) is -0.435. The highest BCUT2D eigenvalue weighted by atomic mass is 16.3. The van der Waals surface area contributed by atoms with Crippen LogP contribution in [-0.4, -0.2) is 23.8 Å². The fourth-order valence-corrected chi connectivity index (χ4v) is 1.66. The number of rotatable bonds is 3. The van der Waals surface area contributed by atoms with E-state index in [-0.39, 0.29) is 0 Å². The summed E-state index contributed by atoms with van der Waals surface area (Å²) in [6.07, 6.45) is 4.22. The lowest BCUT2D eigenvalue weighted by Gasteiger charge is -2.21. The first-order valence-electron chi connectivity index (χ1n) is 4.59. The highest BCUT2D eigenvalue weighted by Gasteiger charge is 2.29. The van der Waals surface area contributed by atoms with Gasteiger partial charge < -0.3 is 10.4 Å². The number of hydrogen-bond acceptors (Lipinski definition) is 2. The Bertz CT molecular complexity index is 184. The van der Waals surface area contributed by atoms with Crippen molar-refractivity contribution in [2.45, 2.75) is 38.2 Å². The Morgan fingerprint density at radius 1 is 1.42 bits per heavy atom. The molecule has 0 unspecified atom stereocenters. The van der Waals surface area contributed by atoms with Crippen molar-refractivity contribution < 1.29 is 5.11 Å². The van der Waals surface area contributed by atoms with Crippen molar-refractivity contribution >= 4 is 0 Å². The Labute approximate surface area is 74.4 Å². The van der Waals surface area contributed by atoms with Crippen molar-refractivity contribution in [3.8, 4) is 11.8 Å². The molecule has 1 aliphatic carbocycles. The first-order valence-corrected chi connectivity index (χ1v) is 4.59. The molecule has 0 aromatic rings. The van der Waals surface area contributed by atoms with Crippen LogP contribution in [0.5, 0.6) is 0 Å². The molecule has 0 radical (unpaired) electrons. The van der Waals surface area contributed by atoms with Crippen LogP contribution in [0.3, 0.4) is 0 Å². The molecule has 12 heavy (non-hydrogen) atoms. The van der Waals surface area contributed by atoms with Gasteiger partial charge in [-0.25, -0.2) is 0 Å². The SMILES string of the molecule is CC#CCNCC1(O)CCCC1. The van der Waals surface area contributed by atoms with Crippen LogP contribution in [0.4, 0.5) is 0 Å². The van der Waals surface area contributed by atoms with Gasteiger partial charge in [-0.2, -0.15) is 0 Å². The quantitative estimate of drug-likeness (QED) is 0.483. The van der Waals surface area contributed by atoms with Gasteiger partial charge in [-0.3, -0.25) is 0 Å². The van der Waals surface area contributed by atoms with E-state index in [1.165, 1.54) is 0 Å². The van der Waals surface area contributed by atoms with Gasteiger partial charge in [0.05, 0.1) is 12.1 Å². The third kappa shape index (κ3) is 2.84. The Kier molecular flexibility index (Phi) is 3.58. The average Bonchev–Trinajstić information content (AvgIpc) is 2.47. The third-order valence-corrected chi connectivity index (χ3v) is 2.38. The van der Waals surface area contributed by atoms with Crippen LogP contribution in [0.15, 0.2) is 0 Å². The molecule has 0 aromatic heterocycles. The van der Waals surface area contributed by atoms with Gasteiger partial charge in [0.1, 0.15) is 0 Å². The van der Waals surface area contributed by atoms with Crippen LogP contribution in [0, 0.1) is 11.8 Å².